The van der Waals surface area contributed by atoms with Gasteiger partial charge in [0.25, 0.3) is 5.56 Å². The molecule has 0 unspecified atom stereocenters. The van der Waals surface area contributed by atoms with Gasteiger partial charge in [-0.1, -0.05) is 18.2 Å². The van der Waals surface area contributed by atoms with Crippen LogP contribution in [0.2, 0.25) is 0 Å². The van der Waals surface area contributed by atoms with Gasteiger partial charge in [-0.3, -0.25) is 4.79 Å². The molecule has 3 heteroatoms. The van der Waals surface area contributed by atoms with Crippen LogP contribution >= 0.6 is 0 Å². The van der Waals surface area contributed by atoms with Crippen LogP contribution in [0, 0.1) is 5.92 Å². The van der Waals surface area contributed by atoms with E-state index in [9.17, 15) is 4.79 Å². The molecule has 2 aromatic rings. The second-order valence-electron chi connectivity index (χ2n) is 4.80. The Morgan fingerprint density at radius 3 is 2.88 bits per heavy atom. The fourth-order valence-electron chi connectivity index (χ4n) is 2.13. The number of nitrogens with one attached hydrogen (secondary N) is 1. The van der Waals surface area contributed by atoms with E-state index in [1.165, 1.54) is 12.8 Å². The average molecular weight is 228 g/mol. The predicted octanol–water partition coefficient (Wildman–Crippen LogP) is 2.36. The molecule has 1 aromatic carbocycles. The van der Waals surface area contributed by atoms with Gasteiger partial charge >= 0.3 is 0 Å². The first-order valence-electron chi connectivity index (χ1n) is 6.08. The molecule has 3 nitrogen and oxygen atoms in total. The van der Waals surface area contributed by atoms with Crippen molar-refractivity contribution in [3.63, 3.8) is 0 Å². The van der Waals surface area contributed by atoms with Crippen molar-refractivity contribution in [2.24, 2.45) is 13.0 Å². The summed E-state index contributed by atoms with van der Waals surface area (Å²) in [4.78, 5) is 11.8. The highest BCUT2D eigenvalue weighted by molar-refractivity contribution is 5.91. The van der Waals surface area contributed by atoms with Gasteiger partial charge in [-0.05, 0) is 24.8 Å². The Morgan fingerprint density at radius 1 is 1.35 bits per heavy atom. The number of anilines is 1. The van der Waals surface area contributed by atoms with Gasteiger partial charge in [-0.15, -0.1) is 0 Å². The number of rotatable bonds is 3. The average Bonchev–Trinajstić information content (AvgIpc) is 3.16. The standard InChI is InChI=1S/C14H16N2O/c1-16-13-5-3-2-4-11(13)12(8-14(16)17)15-9-10-6-7-10/h2-5,8,10,15H,6-7,9H2,1H3. The summed E-state index contributed by atoms with van der Waals surface area (Å²) in [6.07, 6.45) is 2.63. The van der Waals surface area contributed by atoms with Crippen molar-refractivity contribution in [1.29, 1.82) is 0 Å². The van der Waals surface area contributed by atoms with Crippen molar-refractivity contribution in [3.05, 3.63) is 40.7 Å². The molecular weight excluding hydrogens is 212 g/mol. The lowest BCUT2D eigenvalue weighted by molar-refractivity contribution is 0.881. The Hall–Kier alpha value is -1.77. The summed E-state index contributed by atoms with van der Waals surface area (Å²) in [5, 5.41) is 4.52. The van der Waals surface area contributed by atoms with E-state index in [0.717, 1.165) is 29.1 Å². The van der Waals surface area contributed by atoms with Gasteiger partial charge in [-0.25, -0.2) is 0 Å². The molecule has 0 bridgehead atoms. The van der Waals surface area contributed by atoms with Gasteiger partial charge in [0.1, 0.15) is 0 Å². The quantitative estimate of drug-likeness (QED) is 0.875. The number of fused-ring (bicyclic) bond motifs is 1. The van der Waals surface area contributed by atoms with E-state index in [1.807, 2.05) is 25.2 Å². The third-order valence-electron chi connectivity index (χ3n) is 3.43. The van der Waals surface area contributed by atoms with Crippen molar-refractivity contribution >= 4 is 16.6 Å². The topological polar surface area (TPSA) is 34.0 Å². The zero-order valence-electron chi connectivity index (χ0n) is 9.94. The second-order valence-corrected chi connectivity index (χ2v) is 4.80. The number of pyridine rings is 1. The Bertz CT molecular complexity index is 611. The Labute approximate surface area is 100 Å². The molecule has 1 aromatic heterocycles. The van der Waals surface area contributed by atoms with Crippen LogP contribution in [0.15, 0.2) is 35.1 Å². The van der Waals surface area contributed by atoms with Crippen LogP contribution in [0.25, 0.3) is 10.9 Å². The highest BCUT2D eigenvalue weighted by Crippen LogP contribution is 2.30. The first-order chi connectivity index (χ1) is 8.25. The molecule has 0 spiro atoms. The summed E-state index contributed by atoms with van der Waals surface area (Å²) in [5.41, 5.74) is 2.00. The molecule has 17 heavy (non-hydrogen) atoms. The number of hydrogen-bond donors (Lipinski definition) is 1. The van der Waals surface area contributed by atoms with Crippen molar-refractivity contribution in [3.8, 4) is 0 Å². The SMILES string of the molecule is Cn1c(=O)cc(NCC2CC2)c2ccccc21. The van der Waals surface area contributed by atoms with Crippen LogP contribution < -0.4 is 10.9 Å². The van der Waals surface area contributed by atoms with Crippen LogP contribution in [-0.4, -0.2) is 11.1 Å². The minimum absolute atomic E-state index is 0.0435. The van der Waals surface area contributed by atoms with Gasteiger partial charge in [-0.2, -0.15) is 0 Å². The summed E-state index contributed by atoms with van der Waals surface area (Å²) in [7, 11) is 1.81. The lowest BCUT2D eigenvalue weighted by atomic mass is 10.1. The predicted molar refractivity (Wildman–Crippen MR) is 70.4 cm³/mol. The van der Waals surface area contributed by atoms with E-state index in [-0.39, 0.29) is 5.56 Å². The third kappa shape index (κ3) is 1.93. The maximum absolute atomic E-state index is 11.8. The van der Waals surface area contributed by atoms with Crippen LogP contribution in [-0.2, 0) is 7.05 Å². The number of para-hydroxylation sites is 1. The van der Waals surface area contributed by atoms with E-state index in [0.29, 0.717) is 0 Å². The monoisotopic (exact) mass is 228 g/mol. The molecule has 0 saturated heterocycles. The Kier molecular flexibility index (Phi) is 2.39. The number of aromatic nitrogens is 1. The van der Waals surface area contributed by atoms with E-state index < -0.39 is 0 Å². The highest BCUT2D eigenvalue weighted by Gasteiger charge is 2.21. The molecule has 0 atom stereocenters. The largest absolute Gasteiger partial charge is 0.384 e. The highest BCUT2D eigenvalue weighted by atomic mass is 16.1. The fraction of sp³-hybridized carbons (Fsp3) is 0.357. The Morgan fingerprint density at radius 2 is 2.12 bits per heavy atom. The molecule has 1 N–H and O–H groups in total. The zero-order chi connectivity index (χ0) is 11.8. The van der Waals surface area contributed by atoms with E-state index >= 15 is 0 Å². The molecule has 0 radical (unpaired) electrons. The first kappa shape index (κ1) is 10.4. The summed E-state index contributed by atoms with van der Waals surface area (Å²) >= 11 is 0. The van der Waals surface area contributed by atoms with E-state index in [4.69, 9.17) is 0 Å². The van der Waals surface area contributed by atoms with E-state index in [1.54, 1.807) is 10.6 Å². The van der Waals surface area contributed by atoms with Gasteiger partial charge in [0.2, 0.25) is 0 Å². The third-order valence-corrected chi connectivity index (χ3v) is 3.43. The van der Waals surface area contributed by atoms with Crippen molar-refractivity contribution < 1.29 is 0 Å². The number of hydrogen-bond acceptors (Lipinski definition) is 2. The minimum Gasteiger partial charge on any atom is -0.384 e. The smallest absolute Gasteiger partial charge is 0.252 e. The summed E-state index contributed by atoms with van der Waals surface area (Å²) in [5.74, 6) is 0.804. The van der Waals surface area contributed by atoms with Crippen LogP contribution in [0.5, 0.6) is 0 Å². The molecule has 1 heterocycles. The maximum atomic E-state index is 11.8. The normalized spacial score (nSPS) is 15.1. The van der Waals surface area contributed by atoms with Gasteiger partial charge in [0, 0.05) is 30.7 Å². The van der Waals surface area contributed by atoms with Crippen molar-refractivity contribution in [1.82, 2.24) is 4.57 Å². The van der Waals surface area contributed by atoms with Crippen molar-refractivity contribution in [2.75, 3.05) is 11.9 Å². The molecule has 0 aliphatic heterocycles. The first-order valence-corrected chi connectivity index (χ1v) is 6.08. The minimum atomic E-state index is 0.0435. The van der Waals surface area contributed by atoms with Gasteiger partial charge < -0.3 is 9.88 Å². The zero-order valence-corrected chi connectivity index (χ0v) is 9.94. The molecule has 1 saturated carbocycles. The molecule has 1 aliphatic rings. The van der Waals surface area contributed by atoms with Gasteiger partial charge in [0.15, 0.2) is 0 Å². The number of nitrogens with zero attached hydrogens (tertiary/aromatic N) is 1. The summed E-state index contributed by atoms with van der Waals surface area (Å²) < 4.78 is 1.69. The second kappa shape index (κ2) is 3.91. The Balaban J connectivity index is 2.09. The maximum Gasteiger partial charge on any atom is 0.252 e. The number of aryl methyl sites for hydroxylation is 1. The molecular formula is C14H16N2O. The molecule has 88 valence electrons. The molecule has 0 amide bonds. The number of benzene rings is 1. The lowest BCUT2D eigenvalue weighted by Crippen LogP contribution is -2.18. The molecule has 1 aliphatic carbocycles. The molecule has 3 rings (SSSR count). The van der Waals surface area contributed by atoms with Gasteiger partial charge in [0.05, 0.1) is 5.52 Å². The lowest BCUT2D eigenvalue weighted by Gasteiger charge is -2.11. The van der Waals surface area contributed by atoms with E-state index in [2.05, 4.69) is 11.4 Å². The van der Waals surface area contributed by atoms with Crippen LogP contribution in [0.3, 0.4) is 0 Å². The van der Waals surface area contributed by atoms with Crippen molar-refractivity contribution in [2.45, 2.75) is 12.8 Å². The molecule has 1 fully saturated rings. The van der Waals surface area contributed by atoms with Crippen LogP contribution in [0.1, 0.15) is 12.8 Å². The van der Waals surface area contributed by atoms with Crippen LogP contribution in [0.4, 0.5) is 5.69 Å². The summed E-state index contributed by atoms with van der Waals surface area (Å²) in [6.45, 7) is 0.983. The fourth-order valence-corrected chi connectivity index (χ4v) is 2.13. The summed E-state index contributed by atoms with van der Waals surface area (Å²) in [6, 6.07) is 9.72.